The molecule has 0 radical (unpaired) electrons. The smallest absolute Gasteiger partial charge is 0.336 e. The average Bonchev–Trinajstić information content (AvgIpc) is 2.81. The molecule has 2 N–H and O–H groups in total. The highest BCUT2D eigenvalue weighted by molar-refractivity contribution is 6.10. The molecule has 0 spiro atoms. The summed E-state index contributed by atoms with van der Waals surface area (Å²) in [5, 5.41) is 10.9. The van der Waals surface area contributed by atoms with Crippen molar-refractivity contribution in [2.24, 2.45) is 0 Å². The number of carboxylic acid groups (broad SMARTS) is 1. The Bertz CT molecular complexity index is 1180. The van der Waals surface area contributed by atoms with Crippen molar-refractivity contribution in [3.8, 4) is 16.9 Å². The van der Waals surface area contributed by atoms with Gasteiger partial charge in [-0.25, -0.2) is 22.4 Å². The molecule has 0 unspecified atom stereocenters. The minimum atomic E-state index is -1.83. The molecule has 33 heavy (non-hydrogen) atoms. The van der Waals surface area contributed by atoms with Crippen molar-refractivity contribution in [3.05, 3.63) is 82.9 Å². The fourth-order valence-electron chi connectivity index (χ4n) is 3.12. The first-order valence-corrected chi connectivity index (χ1v) is 9.99. The molecule has 0 aliphatic carbocycles. The van der Waals surface area contributed by atoms with Crippen LogP contribution in [0.4, 0.5) is 23.2 Å². The summed E-state index contributed by atoms with van der Waals surface area (Å²) in [5.74, 6) is -9.55. The van der Waals surface area contributed by atoms with Crippen LogP contribution in [0.1, 0.15) is 40.5 Å². The Hall–Kier alpha value is -3.88. The summed E-state index contributed by atoms with van der Waals surface area (Å²) in [6, 6.07) is 10.3. The van der Waals surface area contributed by atoms with Crippen LogP contribution >= 0.6 is 0 Å². The predicted octanol–water partition coefficient (Wildman–Crippen LogP) is 6.04. The number of benzene rings is 3. The Morgan fingerprint density at radius 3 is 2.15 bits per heavy atom. The van der Waals surface area contributed by atoms with Crippen LogP contribution in [0.2, 0.25) is 0 Å². The van der Waals surface area contributed by atoms with Crippen LogP contribution in [0.5, 0.6) is 5.75 Å². The molecular weight excluding hydrogens is 442 g/mol. The standard InChI is InChI=1S/C24H19F4NO4/c1-2-3-11-33-14-8-6-7-13(12-14)17-18(25)20(27)22(21(28)19(17)26)29-23(30)15-9-4-5-10-16(15)24(31)32/h4-10,12H,2-3,11H2,1H3,(H,29,30)(H,31,32). The number of halogens is 4. The van der Waals surface area contributed by atoms with E-state index in [1.165, 1.54) is 36.4 Å². The van der Waals surface area contributed by atoms with Crippen LogP contribution in [0, 0.1) is 23.3 Å². The van der Waals surface area contributed by atoms with Gasteiger partial charge in [-0.15, -0.1) is 0 Å². The van der Waals surface area contributed by atoms with E-state index >= 15 is 0 Å². The van der Waals surface area contributed by atoms with E-state index < -0.39 is 57.5 Å². The molecule has 3 aromatic rings. The van der Waals surface area contributed by atoms with Gasteiger partial charge in [0, 0.05) is 0 Å². The Morgan fingerprint density at radius 2 is 1.55 bits per heavy atom. The molecule has 172 valence electrons. The minimum absolute atomic E-state index is 0.161. The first kappa shape index (κ1) is 23.8. The van der Waals surface area contributed by atoms with Crippen molar-refractivity contribution >= 4 is 17.6 Å². The number of hydrogen-bond donors (Lipinski definition) is 2. The van der Waals surface area contributed by atoms with Crippen molar-refractivity contribution in [3.63, 3.8) is 0 Å². The topological polar surface area (TPSA) is 75.6 Å². The summed E-state index contributed by atoms with van der Waals surface area (Å²) in [6.07, 6.45) is 1.61. The van der Waals surface area contributed by atoms with Crippen molar-refractivity contribution in [1.29, 1.82) is 0 Å². The van der Waals surface area contributed by atoms with E-state index in [1.807, 2.05) is 6.92 Å². The molecule has 0 saturated heterocycles. The van der Waals surface area contributed by atoms with Gasteiger partial charge in [0.2, 0.25) is 0 Å². The zero-order valence-electron chi connectivity index (χ0n) is 17.4. The fraction of sp³-hybridized carbons (Fsp3) is 0.167. The van der Waals surface area contributed by atoms with E-state index in [0.717, 1.165) is 25.0 Å². The quantitative estimate of drug-likeness (QED) is 0.244. The third-order valence-electron chi connectivity index (χ3n) is 4.79. The van der Waals surface area contributed by atoms with E-state index in [1.54, 1.807) is 5.32 Å². The van der Waals surface area contributed by atoms with Crippen molar-refractivity contribution in [1.82, 2.24) is 0 Å². The largest absolute Gasteiger partial charge is 0.494 e. The second-order valence-electron chi connectivity index (χ2n) is 7.04. The summed E-state index contributed by atoms with van der Waals surface area (Å²) in [4.78, 5) is 23.7. The van der Waals surface area contributed by atoms with E-state index in [9.17, 15) is 32.3 Å². The second-order valence-corrected chi connectivity index (χ2v) is 7.04. The van der Waals surface area contributed by atoms with Gasteiger partial charge in [-0.3, -0.25) is 4.79 Å². The maximum Gasteiger partial charge on any atom is 0.336 e. The lowest BCUT2D eigenvalue weighted by atomic mass is 10.0. The van der Waals surface area contributed by atoms with Gasteiger partial charge in [0.25, 0.3) is 5.91 Å². The summed E-state index contributed by atoms with van der Waals surface area (Å²) in [5.41, 5.74) is -3.38. The molecule has 0 bridgehead atoms. The zero-order valence-corrected chi connectivity index (χ0v) is 17.4. The maximum absolute atomic E-state index is 14.8. The van der Waals surface area contributed by atoms with Crippen LogP contribution in [-0.2, 0) is 0 Å². The van der Waals surface area contributed by atoms with Gasteiger partial charge >= 0.3 is 5.97 Å². The molecule has 0 saturated carbocycles. The number of aromatic carboxylic acids is 1. The number of amides is 1. The van der Waals surface area contributed by atoms with Gasteiger partial charge in [0.1, 0.15) is 11.4 Å². The van der Waals surface area contributed by atoms with Crippen LogP contribution in [0.3, 0.4) is 0 Å². The minimum Gasteiger partial charge on any atom is -0.494 e. The van der Waals surface area contributed by atoms with Gasteiger partial charge in [-0.1, -0.05) is 37.6 Å². The third kappa shape index (κ3) is 4.97. The van der Waals surface area contributed by atoms with Crippen LogP contribution < -0.4 is 10.1 Å². The number of ether oxygens (including phenoxy) is 1. The number of hydrogen-bond acceptors (Lipinski definition) is 3. The monoisotopic (exact) mass is 461 g/mol. The molecule has 1 amide bonds. The lowest BCUT2D eigenvalue weighted by molar-refractivity contribution is 0.0692. The first-order chi connectivity index (χ1) is 15.8. The number of anilines is 1. The summed E-state index contributed by atoms with van der Waals surface area (Å²) >= 11 is 0. The number of carbonyl (C=O) groups excluding carboxylic acids is 1. The van der Waals surface area contributed by atoms with Crippen molar-refractivity contribution < 1.29 is 37.0 Å². The molecule has 0 aliphatic rings. The predicted molar refractivity (Wildman–Crippen MR) is 113 cm³/mol. The van der Waals surface area contributed by atoms with Crippen molar-refractivity contribution in [2.75, 3.05) is 11.9 Å². The maximum atomic E-state index is 14.8. The Labute approximate surface area is 186 Å². The molecule has 3 aromatic carbocycles. The molecule has 0 atom stereocenters. The number of carboxylic acids is 1. The van der Waals surface area contributed by atoms with Gasteiger partial charge in [0.15, 0.2) is 23.3 Å². The van der Waals surface area contributed by atoms with Gasteiger partial charge in [0.05, 0.1) is 23.3 Å². The summed E-state index contributed by atoms with van der Waals surface area (Å²) < 4.78 is 64.6. The van der Waals surface area contributed by atoms with Crippen molar-refractivity contribution in [2.45, 2.75) is 19.8 Å². The molecule has 0 aromatic heterocycles. The number of rotatable bonds is 8. The average molecular weight is 461 g/mol. The SMILES string of the molecule is CCCCOc1cccc(-c2c(F)c(F)c(NC(=O)c3ccccc3C(=O)O)c(F)c2F)c1. The molecular formula is C24H19F4NO4. The summed E-state index contributed by atoms with van der Waals surface area (Å²) in [7, 11) is 0. The fourth-order valence-corrected chi connectivity index (χ4v) is 3.12. The molecule has 5 nitrogen and oxygen atoms in total. The number of carbonyl (C=O) groups is 2. The molecule has 0 aliphatic heterocycles. The molecule has 0 heterocycles. The number of nitrogens with one attached hydrogen (secondary N) is 1. The molecule has 0 fully saturated rings. The van der Waals surface area contributed by atoms with E-state index in [0.29, 0.717) is 6.61 Å². The van der Waals surface area contributed by atoms with Gasteiger partial charge in [-0.05, 0) is 36.2 Å². The van der Waals surface area contributed by atoms with Gasteiger partial charge < -0.3 is 15.2 Å². The van der Waals surface area contributed by atoms with Gasteiger partial charge in [-0.2, -0.15) is 0 Å². The highest BCUT2D eigenvalue weighted by atomic mass is 19.2. The Morgan fingerprint density at radius 1 is 0.909 bits per heavy atom. The van der Waals surface area contributed by atoms with E-state index in [2.05, 4.69) is 0 Å². The Kier molecular flexibility index (Phi) is 7.32. The normalized spacial score (nSPS) is 10.7. The van der Waals surface area contributed by atoms with Crippen LogP contribution in [0.15, 0.2) is 48.5 Å². The third-order valence-corrected chi connectivity index (χ3v) is 4.79. The second kappa shape index (κ2) is 10.2. The van der Waals surface area contributed by atoms with E-state index in [4.69, 9.17) is 4.74 Å². The van der Waals surface area contributed by atoms with Crippen LogP contribution in [-0.4, -0.2) is 23.6 Å². The highest BCUT2D eigenvalue weighted by Gasteiger charge is 2.28. The first-order valence-electron chi connectivity index (χ1n) is 9.99. The molecule has 9 heteroatoms. The van der Waals surface area contributed by atoms with E-state index in [-0.39, 0.29) is 11.3 Å². The summed E-state index contributed by atoms with van der Waals surface area (Å²) in [6.45, 7) is 2.31. The highest BCUT2D eigenvalue weighted by Crippen LogP contribution is 2.36. The number of unbranched alkanes of at least 4 members (excludes halogenated alkanes) is 1. The zero-order chi connectivity index (χ0) is 24.1. The molecule has 3 rings (SSSR count). The lowest BCUT2D eigenvalue weighted by Crippen LogP contribution is -2.19. The Balaban J connectivity index is 2.00. The lowest BCUT2D eigenvalue weighted by Gasteiger charge is -2.14. The van der Waals surface area contributed by atoms with Crippen LogP contribution in [0.25, 0.3) is 11.1 Å².